The van der Waals surface area contributed by atoms with Crippen LogP contribution in [0, 0.1) is 0 Å². The van der Waals surface area contributed by atoms with Crippen LogP contribution in [0.5, 0.6) is 0 Å². The van der Waals surface area contributed by atoms with Crippen LogP contribution < -0.4 is 0 Å². The Bertz CT molecular complexity index is 162. The molecule has 2 heteroatoms. The highest BCUT2D eigenvalue weighted by Gasteiger charge is 2.12. The molecule has 1 aliphatic rings. The molecular formula is C7H8Br2. The van der Waals surface area contributed by atoms with E-state index in [0.29, 0.717) is 0 Å². The first-order valence-corrected chi connectivity index (χ1v) is 4.52. The average molecular weight is 252 g/mol. The number of hydrogen-bond donors (Lipinski definition) is 0. The summed E-state index contributed by atoms with van der Waals surface area (Å²) in [6, 6.07) is 0. The molecule has 9 heavy (non-hydrogen) atoms. The van der Waals surface area contributed by atoms with Crippen LogP contribution in [0.3, 0.4) is 0 Å². The van der Waals surface area contributed by atoms with Crippen molar-refractivity contribution in [2.24, 2.45) is 0 Å². The van der Waals surface area contributed by atoms with E-state index in [9.17, 15) is 0 Å². The first kappa shape index (κ1) is 7.55. The molecule has 1 fully saturated rings. The molecule has 0 bridgehead atoms. The van der Waals surface area contributed by atoms with Gasteiger partial charge in [0.05, 0.1) is 0 Å². The summed E-state index contributed by atoms with van der Waals surface area (Å²) in [6.45, 7) is 3.77. The Hall–Kier alpha value is 0.440. The van der Waals surface area contributed by atoms with Gasteiger partial charge in [0.1, 0.15) is 0 Å². The maximum Gasteiger partial charge on any atom is 0.0303 e. The highest BCUT2D eigenvalue weighted by atomic mass is 79.9. The lowest BCUT2D eigenvalue weighted by molar-refractivity contribution is 0.661. The summed E-state index contributed by atoms with van der Waals surface area (Å²) in [5.41, 5.74) is 1.50. The summed E-state index contributed by atoms with van der Waals surface area (Å²) in [5, 5.41) is 0. The first-order valence-electron chi connectivity index (χ1n) is 2.94. The molecule has 0 nitrogen and oxygen atoms in total. The monoisotopic (exact) mass is 250 g/mol. The summed E-state index contributed by atoms with van der Waals surface area (Å²) in [5.74, 6) is 0. The Morgan fingerprint density at radius 3 is 2.00 bits per heavy atom. The molecule has 0 saturated heterocycles. The van der Waals surface area contributed by atoms with Crippen LogP contribution in [0.25, 0.3) is 0 Å². The van der Waals surface area contributed by atoms with Gasteiger partial charge in [-0.15, -0.1) is 0 Å². The van der Waals surface area contributed by atoms with E-state index in [2.05, 4.69) is 38.4 Å². The number of allylic oxidation sites excluding steroid dienone is 3. The summed E-state index contributed by atoms with van der Waals surface area (Å²) in [6.07, 6.45) is 3.82. The van der Waals surface area contributed by atoms with Crippen molar-refractivity contribution in [1.29, 1.82) is 0 Å². The minimum atomic E-state index is 0.970. The Balaban J connectivity index is 2.67. The largest absolute Gasteiger partial charge is 0.0836 e. The van der Waals surface area contributed by atoms with E-state index in [1.807, 2.05) is 0 Å². The third kappa shape index (κ3) is 1.68. The Labute approximate surface area is 72.3 Å². The second kappa shape index (κ2) is 3.02. The topological polar surface area (TPSA) is 0 Å². The SMILES string of the molecule is C=C(Br)C(Br)=C1CCC1. The molecule has 0 amide bonds. The molecule has 0 unspecified atom stereocenters. The van der Waals surface area contributed by atoms with E-state index < -0.39 is 0 Å². The first-order chi connectivity index (χ1) is 4.22. The molecule has 1 rings (SSSR count). The lowest BCUT2D eigenvalue weighted by Gasteiger charge is -2.18. The molecule has 0 atom stereocenters. The molecule has 0 aromatic heterocycles. The van der Waals surface area contributed by atoms with E-state index >= 15 is 0 Å². The van der Waals surface area contributed by atoms with Crippen molar-refractivity contribution in [3.63, 3.8) is 0 Å². The third-order valence-corrected chi connectivity index (χ3v) is 3.47. The second-order valence-corrected chi connectivity index (χ2v) is 3.93. The molecular weight excluding hydrogens is 244 g/mol. The van der Waals surface area contributed by atoms with Crippen molar-refractivity contribution in [3.05, 3.63) is 21.1 Å². The van der Waals surface area contributed by atoms with Crippen molar-refractivity contribution < 1.29 is 0 Å². The van der Waals surface area contributed by atoms with Crippen molar-refractivity contribution in [2.75, 3.05) is 0 Å². The Morgan fingerprint density at radius 2 is 1.89 bits per heavy atom. The zero-order valence-corrected chi connectivity index (χ0v) is 8.26. The summed E-state index contributed by atoms with van der Waals surface area (Å²) in [4.78, 5) is 0. The minimum absolute atomic E-state index is 0.970. The zero-order valence-electron chi connectivity index (χ0n) is 5.08. The summed E-state index contributed by atoms with van der Waals surface area (Å²) >= 11 is 6.77. The molecule has 1 aliphatic carbocycles. The van der Waals surface area contributed by atoms with Crippen molar-refractivity contribution in [2.45, 2.75) is 19.3 Å². The van der Waals surface area contributed by atoms with E-state index in [4.69, 9.17) is 0 Å². The number of halogens is 2. The molecule has 1 saturated carbocycles. The molecule has 0 heterocycles. The average Bonchev–Trinajstić information content (AvgIpc) is 1.60. The summed E-state index contributed by atoms with van der Waals surface area (Å²) < 4.78 is 2.14. The van der Waals surface area contributed by atoms with Gasteiger partial charge in [0.25, 0.3) is 0 Å². The smallest absolute Gasteiger partial charge is 0.0303 e. The van der Waals surface area contributed by atoms with Gasteiger partial charge in [0, 0.05) is 8.96 Å². The fourth-order valence-electron chi connectivity index (χ4n) is 0.765. The maximum atomic E-state index is 3.77. The van der Waals surface area contributed by atoms with Crippen LogP contribution in [0.15, 0.2) is 21.1 Å². The molecule has 0 aromatic carbocycles. The predicted molar refractivity (Wildman–Crippen MR) is 47.9 cm³/mol. The lowest BCUT2D eigenvalue weighted by atomic mass is 9.92. The van der Waals surface area contributed by atoms with Gasteiger partial charge >= 0.3 is 0 Å². The molecule has 50 valence electrons. The van der Waals surface area contributed by atoms with Crippen LogP contribution in [-0.4, -0.2) is 0 Å². The van der Waals surface area contributed by atoms with Gasteiger partial charge in [-0.2, -0.15) is 0 Å². The van der Waals surface area contributed by atoms with Crippen molar-refractivity contribution in [3.8, 4) is 0 Å². The van der Waals surface area contributed by atoms with E-state index in [1.165, 1.54) is 29.3 Å². The Kier molecular flexibility index (Phi) is 2.53. The van der Waals surface area contributed by atoms with Gasteiger partial charge in [-0.05, 0) is 35.2 Å². The number of rotatable bonds is 1. The van der Waals surface area contributed by atoms with Crippen LogP contribution in [-0.2, 0) is 0 Å². The highest BCUT2D eigenvalue weighted by Crippen LogP contribution is 2.36. The van der Waals surface area contributed by atoms with Gasteiger partial charge in [-0.25, -0.2) is 0 Å². The normalized spacial score (nSPS) is 16.9. The maximum absolute atomic E-state index is 3.77. The quantitative estimate of drug-likeness (QED) is 0.666. The van der Waals surface area contributed by atoms with Gasteiger partial charge in [0.15, 0.2) is 0 Å². The highest BCUT2D eigenvalue weighted by molar-refractivity contribution is 9.15. The molecule has 0 aliphatic heterocycles. The lowest BCUT2D eigenvalue weighted by Crippen LogP contribution is -1.98. The van der Waals surface area contributed by atoms with Gasteiger partial charge in [0.2, 0.25) is 0 Å². The summed E-state index contributed by atoms with van der Waals surface area (Å²) in [7, 11) is 0. The van der Waals surface area contributed by atoms with Crippen LogP contribution in [0.2, 0.25) is 0 Å². The second-order valence-electron chi connectivity index (χ2n) is 2.18. The van der Waals surface area contributed by atoms with Crippen LogP contribution in [0.4, 0.5) is 0 Å². The van der Waals surface area contributed by atoms with E-state index in [-0.39, 0.29) is 0 Å². The fourth-order valence-corrected chi connectivity index (χ4v) is 1.44. The standard InChI is InChI=1S/C7H8Br2/c1-5(8)7(9)6-3-2-4-6/h1-4H2. The predicted octanol–water partition coefficient (Wildman–Crippen LogP) is 3.73. The van der Waals surface area contributed by atoms with Gasteiger partial charge in [-0.1, -0.05) is 28.1 Å². The minimum Gasteiger partial charge on any atom is -0.0836 e. The molecule has 0 aromatic rings. The van der Waals surface area contributed by atoms with E-state index in [0.717, 1.165) is 4.48 Å². The van der Waals surface area contributed by atoms with Crippen LogP contribution in [0.1, 0.15) is 19.3 Å². The molecule has 0 N–H and O–H groups in total. The van der Waals surface area contributed by atoms with Gasteiger partial charge < -0.3 is 0 Å². The van der Waals surface area contributed by atoms with Crippen molar-refractivity contribution in [1.82, 2.24) is 0 Å². The zero-order chi connectivity index (χ0) is 6.85. The number of hydrogen-bond acceptors (Lipinski definition) is 0. The van der Waals surface area contributed by atoms with Gasteiger partial charge in [-0.3, -0.25) is 0 Å². The fraction of sp³-hybridized carbons (Fsp3) is 0.429. The van der Waals surface area contributed by atoms with Crippen LogP contribution >= 0.6 is 31.9 Å². The third-order valence-electron chi connectivity index (χ3n) is 1.51. The Morgan fingerprint density at radius 1 is 1.33 bits per heavy atom. The van der Waals surface area contributed by atoms with E-state index in [1.54, 1.807) is 0 Å². The molecule has 0 spiro atoms. The molecule has 0 radical (unpaired) electrons. The van der Waals surface area contributed by atoms with Crippen molar-refractivity contribution >= 4 is 31.9 Å².